The first kappa shape index (κ1) is 13.8. The van der Waals surface area contributed by atoms with Crippen LogP contribution in [0.2, 0.25) is 0 Å². The summed E-state index contributed by atoms with van der Waals surface area (Å²) in [4.78, 5) is 4.56. The lowest BCUT2D eigenvalue weighted by molar-refractivity contribution is 0.336. The van der Waals surface area contributed by atoms with Crippen LogP contribution in [0, 0.1) is 23.4 Å². The summed E-state index contributed by atoms with van der Waals surface area (Å²) in [5.41, 5.74) is -0.192. The summed E-state index contributed by atoms with van der Waals surface area (Å²) in [5, 5.41) is 3.27. The van der Waals surface area contributed by atoms with E-state index in [-0.39, 0.29) is 11.7 Å². The maximum atomic E-state index is 13.6. The van der Waals surface area contributed by atoms with Crippen molar-refractivity contribution < 1.29 is 13.2 Å². The summed E-state index contributed by atoms with van der Waals surface area (Å²) >= 11 is 1.49. The van der Waals surface area contributed by atoms with E-state index in [2.05, 4.69) is 10.3 Å². The van der Waals surface area contributed by atoms with Crippen LogP contribution in [0.15, 0.2) is 17.1 Å². The second-order valence-electron chi connectivity index (χ2n) is 5.23. The zero-order valence-electron chi connectivity index (χ0n) is 10.8. The number of hydrogen-bond acceptors (Lipinski definition) is 3. The van der Waals surface area contributed by atoms with Crippen LogP contribution in [0.1, 0.15) is 25.7 Å². The summed E-state index contributed by atoms with van der Waals surface area (Å²) in [6, 6.07) is 1.75. The van der Waals surface area contributed by atoms with Crippen LogP contribution in [-0.2, 0) is 0 Å². The Morgan fingerprint density at radius 3 is 2.80 bits per heavy atom. The molecule has 1 aliphatic heterocycles. The average Bonchev–Trinajstić information content (AvgIpc) is 2.44. The van der Waals surface area contributed by atoms with Crippen molar-refractivity contribution in [2.45, 2.75) is 31.7 Å². The van der Waals surface area contributed by atoms with Gasteiger partial charge in [-0.05, 0) is 18.8 Å². The Hall–Kier alpha value is -1.17. The molecule has 20 heavy (non-hydrogen) atoms. The van der Waals surface area contributed by atoms with E-state index < -0.39 is 17.5 Å². The van der Waals surface area contributed by atoms with Crippen molar-refractivity contribution in [2.24, 2.45) is 10.9 Å². The molecule has 1 saturated carbocycles. The molecular weight excluding hydrogens is 285 g/mol. The number of fused-ring (bicyclic) bond motifs is 1. The molecule has 1 heterocycles. The summed E-state index contributed by atoms with van der Waals surface area (Å²) < 4.78 is 39.9. The molecule has 3 rings (SSSR count). The Morgan fingerprint density at radius 2 is 1.95 bits per heavy atom. The number of nitrogens with one attached hydrogen (secondary N) is 1. The minimum Gasteiger partial charge on any atom is -0.332 e. The fraction of sp³-hybridized carbons (Fsp3) is 0.500. The molecule has 2 atom stereocenters. The zero-order valence-corrected chi connectivity index (χ0v) is 11.7. The highest BCUT2D eigenvalue weighted by molar-refractivity contribution is 8.14. The van der Waals surface area contributed by atoms with Gasteiger partial charge in [0.05, 0.1) is 11.7 Å². The number of nitrogens with zero attached hydrogens (tertiary/aromatic N) is 1. The van der Waals surface area contributed by atoms with E-state index in [4.69, 9.17) is 0 Å². The van der Waals surface area contributed by atoms with Crippen molar-refractivity contribution in [2.75, 3.05) is 11.1 Å². The molecule has 0 amide bonds. The number of halogens is 3. The van der Waals surface area contributed by atoms with Gasteiger partial charge < -0.3 is 5.32 Å². The van der Waals surface area contributed by atoms with Gasteiger partial charge in [-0.25, -0.2) is 13.2 Å². The first-order valence-electron chi connectivity index (χ1n) is 6.75. The molecular formula is C14H15F3N2S. The molecule has 1 aromatic carbocycles. The quantitative estimate of drug-likeness (QED) is 0.787. The van der Waals surface area contributed by atoms with Gasteiger partial charge in [-0.3, -0.25) is 4.99 Å². The summed E-state index contributed by atoms with van der Waals surface area (Å²) in [7, 11) is 0. The monoisotopic (exact) mass is 300 g/mol. The highest BCUT2D eigenvalue weighted by Gasteiger charge is 2.29. The number of amidine groups is 1. The van der Waals surface area contributed by atoms with Crippen LogP contribution in [0.5, 0.6) is 0 Å². The van der Waals surface area contributed by atoms with Gasteiger partial charge in [-0.1, -0.05) is 24.6 Å². The molecule has 0 aromatic heterocycles. The van der Waals surface area contributed by atoms with Crippen LogP contribution in [0.25, 0.3) is 0 Å². The number of anilines is 1. The van der Waals surface area contributed by atoms with Crippen LogP contribution < -0.4 is 5.32 Å². The molecule has 2 aliphatic rings. The first-order chi connectivity index (χ1) is 9.63. The van der Waals surface area contributed by atoms with E-state index in [1.165, 1.54) is 24.6 Å². The van der Waals surface area contributed by atoms with Crippen LogP contribution in [0.3, 0.4) is 0 Å². The van der Waals surface area contributed by atoms with E-state index in [1.54, 1.807) is 0 Å². The smallest absolute Gasteiger partial charge is 0.182 e. The predicted octanol–water partition coefficient (Wildman–Crippen LogP) is 4.18. The molecule has 1 fully saturated rings. The van der Waals surface area contributed by atoms with Gasteiger partial charge in [-0.15, -0.1) is 0 Å². The van der Waals surface area contributed by atoms with Crippen molar-refractivity contribution in [3.63, 3.8) is 0 Å². The maximum absolute atomic E-state index is 13.6. The third-order valence-corrected chi connectivity index (χ3v) is 4.90. The van der Waals surface area contributed by atoms with Crippen molar-refractivity contribution >= 4 is 22.6 Å². The summed E-state index contributed by atoms with van der Waals surface area (Å²) in [6.45, 7) is 0. The molecule has 6 heteroatoms. The molecule has 0 saturated heterocycles. The van der Waals surface area contributed by atoms with Crippen LogP contribution in [0.4, 0.5) is 18.9 Å². The van der Waals surface area contributed by atoms with Crippen LogP contribution >= 0.6 is 11.8 Å². The second kappa shape index (κ2) is 5.68. The number of aliphatic imine (C=N–C) groups is 1. The molecule has 2 unspecified atom stereocenters. The largest absolute Gasteiger partial charge is 0.332 e. The molecule has 0 bridgehead atoms. The maximum Gasteiger partial charge on any atom is 0.182 e. The minimum absolute atomic E-state index is 0.192. The number of rotatable bonds is 1. The number of hydrogen-bond donors (Lipinski definition) is 1. The predicted molar refractivity (Wildman–Crippen MR) is 75.6 cm³/mol. The standard InChI is InChI=1S/C14H15F3N2S/c15-9-5-10(16)13(17)12(6-9)19-14-18-11-4-2-1-3-8(11)7-20-14/h5-6,8,11H,1-4,7H2,(H,18,19). The molecule has 2 nitrogen and oxygen atoms in total. The van der Waals surface area contributed by atoms with E-state index in [0.717, 1.165) is 24.7 Å². The zero-order chi connectivity index (χ0) is 14.1. The number of thioether (sulfide) groups is 1. The van der Waals surface area contributed by atoms with Crippen molar-refractivity contribution in [3.05, 3.63) is 29.6 Å². The molecule has 1 N–H and O–H groups in total. The van der Waals surface area contributed by atoms with E-state index >= 15 is 0 Å². The topological polar surface area (TPSA) is 24.4 Å². The SMILES string of the molecule is Fc1cc(F)c(F)c(NC2=NC3CCCCC3CS2)c1. The molecule has 0 radical (unpaired) electrons. The van der Waals surface area contributed by atoms with Gasteiger partial charge in [0, 0.05) is 17.9 Å². The van der Waals surface area contributed by atoms with Crippen molar-refractivity contribution in [1.82, 2.24) is 0 Å². The summed E-state index contributed by atoms with van der Waals surface area (Å²) in [5.74, 6) is -1.56. The molecule has 1 aliphatic carbocycles. The normalized spacial score (nSPS) is 25.9. The van der Waals surface area contributed by atoms with Gasteiger partial charge in [0.25, 0.3) is 0 Å². The fourth-order valence-electron chi connectivity index (χ4n) is 2.76. The molecule has 108 valence electrons. The van der Waals surface area contributed by atoms with E-state index in [0.29, 0.717) is 17.2 Å². The average molecular weight is 300 g/mol. The first-order valence-corrected chi connectivity index (χ1v) is 7.74. The molecule has 0 spiro atoms. The highest BCUT2D eigenvalue weighted by atomic mass is 32.2. The Morgan fingerprint density at radius 1 is 1.15 bits per heavy atom. The third kappa shape index (κ3) is 2.80. The Kier molecular flexibility index (Phi) is 3.92. The van der Waals surface area contributed by atoms with Crippen molar-refractivity contribution in [3.8, 4) is 0 Å². The lowest BCUT2D eigenvalue weighted by Crippen LogP contribution is -2.32. The Balaban J connectivity index is 1.79. The lowest BCUT2D eigenvalue weighted by atomic mass is 9.86. The molecule has 1 aromatic rings. The Labute approximate surface area is 119 Å². The minimum atomic E-state index is -1.19. The van der Waals surface area contributed by atoms with Gasteiger partial charge in [0.15, 0.2) is 16.8 Å². The van der Waals surface area contributed by atoms with Gasteiger partial charge >= 0.3 is 0 Å². The van der Waals surface area contributed by atoms with Gasteiger partial charge in [0.1, 0.15) is 5.82 Å². The summed E-state index contributed by atoms with van der Waals surface area (Å²) in [6.07, 6.45) is 4.61. The lowest BCUT2D eigenvalue weighted by Gasteiger charge is -2.32. The fourth-order valence-corrected chi connectivity index (χ4v) is 3.91. The second-order valence-corrected chi connectivity index (χ2v) is 6.24. The Bertz CT molecular complexity index is 547. The van der Waals surface area contributed by atoms with E-state index in [1.807, 2.05) is 0 Å². The number of benzene rings is 1. The third-order valence-electron chi connectivity index (χ3n) is 3.82. The van der Waals surface area contributed by atoms with Gasteiger partial charge in [0.2, 0.25) is 0 Å². The highest BCUT2D eigenvalue weighted by Crippen LogP contribution is 2.34. The van der Waals surface area contributed by atoms with Crippen molar-refractivity contribution in [1.29, 1.82) is 0 Å². The van der Waals surface area contributed by atoms with Crippen LogP contribution in [-0.4, -0.2) is 17.0 Å². The van der Waals surface area contributed by atoms with Gasteiger partial charge in [-0.2, -0.15) is 0 Å². The van der Waals surface area contributed by atoms with E-state index in [9.17, 15) is 13.2 Å².